The summed E-state index contributed by atoms with van der Waals surface area (Å²) in [4.78, 5) is 42.4. The molecule has 3 unspecified atom stereocenters. The fourth-order valence-corrected chi connectivity index (χ4v) is 8.32. The van der Waals surface area contributed by atoms with Crippen LogP contribution in [0.25, 0.3) is 0 Å². The van der Waals surface area contributed by atoms with Crippen molar-refractivity contribution in [3.63, 3.8) is 0 Å². The van der Waals surface area contributed by atoms with Crippen LogP contribution in [-0.2, 0) is 19.1 Å². The second-order valence-corrected chi connectivity index (χ2v) is 15.0. The molecular weight excluding hydrogens is 846 g/mol. The normalized spacial score (nSPS) is 26.5. The summed E-state index contributed by atoms with van der Waals surface area (Å²) in [7, 11) is 8.28. The van der Waals surface area contributed by atoms with E-state index in [-0.39, 0.29) is 118 Å². The average molecular weight is 893 g/mol. The third-order valence-corrected chi connectivity index (χ3v) is 11.2. The Bertz CT molecular complexity index is 2010. The molecule has 59 heavy (non-hydrogen) atoms. The molecule has 1 amide bonds. The average Bonchev–Trinajstić information content (AvgIpc) is 3.84. The maximum atomic E-state index is 13.8. The molecule has 18 heteroatoms. The third kappa shape index (κ3) is 8.95. The van der Waals surface area contributed by atoms with Crippen LogP contribution < -0.4 is 91.5 Å². The van der Waals surface area contributed by atoms with Gasteiger partial charge in [-0.05, 0) is 86.0 Å². The maximum Gasteiger partial charge on any atom is 1.00 e. The largest absolute Gasteiger partial charge is 1.00 e. The molecule has 2 saturated heterocycles. The zero-order valence-corrected chi connectivity index (χ0v) is 38.6. The third-order valence-electron chi connectivity index (χ3n) is 11.2. The van der Waals surface area contributed by atoms with Gasteiger partial charge in [-0.15, -0.1) is 6.07 Å². The number of ether oxygens (including phenoxy) is 8. The Morgan fingerprint density at radius 3 is 2.22 bits per heavy atom. The summed E-state index contributed by atoms with van der Waals surface area (Å²) in [5, 5.41) is 40.4. The van der Waals surface area contributed by atoms with Crippen LogP contribution in [0.4, 0.5) is 10.5 Å². The van der Waals surface area contributed by atoms with Crippen LogP contribution >= 0.6 is 0 Å². The summed E-state index contributed by atoms with van der Waals surface area (Å²) in [6.45, 7) is 1.31. The number of anilines is 1. The van der Waals surface area contributed by atoms with Crippen molar-refractivity contribution in [1.29, 1.82) is 0 Å². The number of methoxy groups -OCH3 is 2. The van der Waals surface area contributed by atoms with E-state index < -0.39 is 54.6 Å². The molecule has 3 aromatic rings. The van der Waals surface area contributed by atoms with Crippen molar-refractivity contribution in [2.75, 3.05) is 60.2 Å². The molecule has 312 valence electrons. The van der Waals surface area contributed by atoms with E-state index in [0.29, 0.717) is 17.1 Å². The van der Waals surface area contributed by atoms with Gasteiger partial charge in [0.2, 0.25) is 18.8 Å². The molecule has 0 bridgehead atoms. The Morgan fingerprint density at radius 2 is 1.58 bits per heavy atom. The number of aliphatic hydroxyl groups excluding tert-OH is 3. The van der Waals surface area contributed by atoms with Crippen molar-refractivity contribution in [1.82, 2.24) is 4.90 Å². The van der Waals surface area contributed by atoms with Crippen molar-refractivity contribution in [2.24, 2.45) is 11.8 Å². The molecule has 1 aliphatic carbocycles. The zero-order chi connectivity index (χ0) is 41.4. The Morgan fingerprint density at radius 1 is 0.898 bits per heavy atom. The molecule has 0 aromatic heterocycles. The van der Waals surface area contributed by atoms with Crippen LogP contribution in [-0.4, -0.2) is 129 Å². The number of carbonyl (C=O) groups is 3. The number of cyclic esters (lactones) is 1. The first-order valence-corrected chi connectivity index (χ1v) is 18.9. The molecular formula is C41H47N2O15Rb. The second kappa shape index (κ2) is 19.0. The first-order valence-electron chi connectivity index (χ1n) is 18.9. The SMILES string of the molecule is COc1cc([C@@H]2c3cc4c(cc3C(CCCCN(C)C)[C@H]3COC(=O)[C@H]23)OCO4)cc(OC)c1OC(=O)N(C)c1c[c-]ccc1O[C@@H]1OC(C(=O)O)[C@@H](O)C(O)[C@@H]1O.[Rb+]. The summed E-state index contributed by atoms with van der Waals surface area (Å²) in [5.41, 5.74) is 2.67. The molecule has 3 aromatic carbocycles. The molecule has 0 spiro atoms. The number of fused-ring (bicyclic) bond motifs is 3. The fraction of sp³-hybridized carbons (Fsp3) is 0.488. The van der Waals surface area contributed by atoms with Gasteiger partial charge < -0.3 is 68.1 Å². The number of hydrogen-bond acceptors (Lipinski definition) is 15. The minimum atomic E-state index is -1.92. The van der Waals surface area contributed by atoms with Crippen molar-refractivity contribution in [3.8, 4) is 34.5 Å². The minimum Gasteiger partial charge on any atom is -0.493 e. The molecule has 0 radical (unpaired) electrons. The Balaban J connectivity index is 0.00000585. The van der Waals surface area contributed by atoms with E-state index in [9.17, 15) is 34.8 Å². The van der Waals surface area contributed by atoms with Crippen molar-refractivity contribution < 1.29 is 131 Å². The smallest absolute Gasteiger partial charge is 0.493 e. The quantitative estimate of drug-likeness (QED) is 0.100. The van der Waals surface area contributed by atoms with Gasteiger partial charge in [-0.25, -0.2) is 9.59 Å². The number of amides is 1. The van der Waals surface area contributed by atoms with E-state index in [4.69, 9.17) is 37.9 Å². The summed E-state index contributed by atoms with van der Waals surface area (Å²) >= 11 is 0. The Labute approximate surface area is 389 Å². The fourth-order valence-electron chi connectivity index (χ4n) is 8.32. The first kappa shape index (κ1) is 45.0. The number of unbranched alkanes of at least 4 members (excludes halogenated alkanes) is 1. The molecule has 0 saturated carbocycles. The maximum absolute atomic E-state index is 13.8. The number of esters is 1. The van der Waals surface area contributed by atoms with Gasteiger partial charge in [-0.3, -0.25) is 4.79 Å². The number of aliphatic carboxylic acids is 1. The first-order chi connectivity index (χ1) is 27.8. The van der Waals surface area contributed by atoms with Gasteiger partial charge in [0.05, 0.1) is 26.7 Å². The molecule has 9 atom stereocenters. The van der Waals surface area contributed by atoms with E-state index in [0.717, 1.165) is 41.8 Å². The van der Waals surface area contributed by atoms with Gasteiger partial charge in [0.1, 0.15) is 18.3 Å². The van der Waals surface area contributed by atoms with Crippen molar-refractivity contribution in [3.05, 3.63) is 65.2 Å². The standard InChI is InChI=1S/C41H47N2O15.Rb/c1-42(2)13-9-8-10-21-22-16-27-28(55-19-54-27)17-23(22)31(32-24(21)18-53-39(32)49)20-14-29(51-4)36(30(15-20)52-5)58-41(50)43(3)25-11-6-7-12-26(25)56-40-35(46)33(44)34(45)37(57-40)38(47)48;/h7,11-12,14-17,21,24,31-35,37,40,44-46H,8-10,13,18-19H2,1-5H3,(H,47,48);/q-1;+1/t21?,24-,31-,32+,33?,34+,35+,37?,40-;/m1./s1. The number of carboxylic acid groups (broad SMARTS) is 1. The molecule has 4 aliphatic rings. The molecule has 2 fully saturated rings. The van der Waals surface area contributed by atoms with E-state index in [1.807, 2.05) is 26.2 Å². The van der Waals surface area contributed by atoms with E-state index in [1.165, 1.54) is 39.5 Å². The van der Waals surface area contributed by atoms with Gasteiger partial charge in [-0.2, -0.15) is 18.2 Å². The molecule has 7 rings (SSSR count). The predicted molar refractivity (Wildman–Crippen MR) is 202 cm³/mol. The van der Waals surface area contributed by atoms with Crippen LogP contribution in [0.15, 0.2) is 42.5 Å². The topological polar surface area (TPSA) is 212 Å². The monoisotopic (exact) mass is 892 g/mol. The minimum absolute atomic E-state index is 0. The summed E-state index contributed by atoms with van der Waals surface area (Å²) in [6.07, 6.45) is -7.43. The number of carbonyl (C=O) groups excluding carboxylic acids is 2. The van der Waals surface area contributed by atoms with Gasteiger partial charge >= 0.3 is 76.2 Å². The van der Waals surface area contributed by atoms with Gasteiger partial charge in [0, 0.05) is 24.6 Å². The summed E-state index contributed by atoms with van der Waals surface area (Å²) < 4.78 is 45.9. The van der Waals surface area contributed by atoms with Crippen LogP contribution in [0.2, 0.25) is 0 Å². The van der Waals surface area contributed by atoms with Crippen LogP contribution in [0.3, 0.4) is 0 Å². The number of aliphatic hydroxyl groups is 3. The van der Waals surface area contributed by atoms with Gasteiger partial charge in [0.25, 0.3) is 0 Å². The molecule has 17 nitrogen and oxygen atoms in total. The number of hydrogen-bond donors (Lipinski definition) is 4. The number of rotatable bonds is 13. The van der Waals surface area contributed by atoms with E-state index >= 15 is 0 Å². The predicted octanol–water partition coefficient (Wildman–Crippen LogP) is -0.107. The molecule has 3 heterocycles. The van der Waals surface area contributed by atoms with Crippen LogP contribution in [0.5, 0.6) is 34.5 Å². The Kier molecular flexibility index (Phi) is 14.5. The van der Waals surface area contributed by atoms with Gasteiger partial charge in [-0.1, -0.05) is 6.42 Å². The number of carboxylic acids is 1. The molecule has 4 N–H and O–H groups in total. The van der Waals surface area contributed by atoms with Crippen molar-refractivity contribution >= 4 is 23.7 Å². The molecule has 3 aliphatic heterocycles. The van der Waals surface area contributed by atoms with Crippen LogP contribution in [0, 0.1) is 17.9 Å². The number of nitrogens with zero attached hydrogens (tertiary/aromatic N) is 2. The van der Waals surface area contributed by atoms with E-state index in [1.54, 1.807) is 12.1 Å². The Hall–Kier alpha value is -3.52. The zero-order valence-electron chi connectivity index (χ0n) is 33.7. The van der Waals surface area contributed by atoms with Gasteiger partial charge in [0.15, 0.2) is 29.1 Å². The summed E-state index contributed by atoms with van der Waals surface area (Å²) in [5.74, 6) is -1.65. The number of benzene rings is 3. The second-order valence-electron chi connectivity index (χ2n) is 15.0. The summed E-state index contributed by atoms with van der Waals surface area (Å²) in [6, 6.07) is 14.4. The van der Waals surface area contributed by atoms with E-state index in [2.05, 4.69) is 11.0 Å². The van der Waals surface area contributed by atoms with Crippen LogP contribution in [0.1, 0.15) is 47.8 Å². The van der Waals surface area contributed by atoms with Crippen molar-refractivity contribution in [2.45, 2.75) is 61.8 Å².